The molecule has 1 aromatic heterocycles. The predicted octanol–water partition coefficient (Wildman–Crippen LogP) is 3.25. The first-order chi connectivity index (χ1) is 17.5. The van der Waals surface area contributed by atoms with Crippen molar-refractivity contribution in [3.63, 3.8) is 0 Å². The molecule has 0 spiro atoms. The number of hydrogen-bond acceptors (Lipinski definition) is 4. The number of nitrogens with one attached hydrogen (secondary N) is 2. The molecule has 0 saturated heterocycles. The molecule has 0 fully saturated rings. The van der Waals surface area contributed by atoms with E-state index in [0.29, 0.717) is 28.8 Å². The summed E-state index contributed by atoms with van der Waals surface area (Å²) >= 11 is 0. The molecule has 4 aromatic rings. The molecule has 0 aliphatic heterocycles. The molecule has 3 aromatic carbocycles. The number of benzene rings is 3. The van der Waals surface area contributed by atoms with Gasteiger partial charge in [-0.2, -0.15) is 0 Å². The van der Waals surface area contributed by atoms with Gasteiger partial charge < -0.3 is 10.6 Å². The summed E-state index contributed by atoms with van der Waals surface area (Å²) in [5.74, 6) is -0.464. The molecular formula is C28H28N4O4. The SMILES string of the molecule is CCCCNC(=O)Cc1ccc(-n2c(=O)c3ccccc3n(CC(=O)Nc3ccccc3)c2=O)cc1. The molecule has 8 nitrogen and oxygen atoms in total. The minimum Gasteiger partial charge on any atom is -0.356 e. The molecule has 0 saturated carbocycles. The van der Waals surface area contributed by atoms with Gasteiger partial charge >= 0.3 is 5.69 Å². The van der Waals surface area contributed by atoms with Gasteiger partial charge in [0.05, 0.1) is 23.0 Å². The summed E-state index contributed by atoms with van der Waals surface area (Å²) < 4.78 is 2.35. The Morgan fingerprint density at radius 2 is 1.53 bits per heavy atom. The number of para-hydroxylation sites is 2. The number of carbonyl (C=O) groups excluding carboxylic acids is 2. The van der Waals surface area contributed by atoms with Crippen LogP contribution in [0.5, 0.6) is 0 Å². The lowest BCUT2D eigenvalue weighted by molar-refractivity contribution is -0.120. The monoisotopic (exact) mass is 484 g/mol. The number of carbonyl (C=O) groups is 2. The summed E-state index contributed by atoms with van der Waals surface area (Å²) in [6, 6.07) is 22.4. The topological polar surface area (TPSA) is 102 Å². The Labute approximate surface area is 208 Å². The molecule has 0 aliphatic rings. The van der Waals surface area contributed by atoms with Crippen molar-refractivity contribution in [3.05, 3.63) is 105 Å². The highest BCUT2D eigenvalue weighted by Crippen LogP contribution is 2.12. The highest BCUT2D eigenvalue weighted by molar-refractivity contribution is 5.91. The first-order valence-corrected chi connectivity index (χ1v) is 11.9. The summed E-state index contributed by atoms with van der Waals surface area (Å²) in [5, 5.41) is 5.97. The third kappa shape index (κ3) is 5.60. The molecule has 0 aliphatic carbocycles. The lowest BCUT2D eigenvalue weighted by Gasteiger charge is -2.14. The Balaban J connectivity index is 1.66. The maximum Gasteiger partial charge on any atom is 0.336 e. The van der Waals surface area contributed by atoms with Crippen LogP contribution in [0.25, 0.3) is 16.6 Å². The van der Waals surface area contributed by atoms with Crippen molar-refractivity contribution in [1.82, 2.24) is 14.5 Å². The van der Waals surface area contributed by atoms with Gasteiger partial charge in [0.15, 0.2) is 0 Å². The minimum absolute atomic E-state index is 0.0779. The molecule has 0 radical (unpaired) electrons. The molecule has 0 bridgehead atoms. The van der Waals surface area contributed by atoms with Crippen LogP contribution in [-0.2, 0) is 22.6 Å². The van der Waals surface area contributed by atoms with Crippen LogP contribution < -0.4 is 21.9 Å². The van der Waals surface area contributed by atoms with E-state index in [1.165, 1.54) is 4.57 Å². The number of anilines is 1. The Morgan fingerprint density at radius 1 is 0.833 bits per heavy atom. The van der Waals surface area contributed by atoms with E-state index in [2.05, 4.69) is 17.6 Å². The molecule has 36 heavy (non-hydrogen) atoms. The molecular weight excluding hydrogens is 456 g/mol. The van der Waals surface area contributed by atoms with Crippen LogP contribution in [0.3, 0.4) is 0 Å². The Kier molecular flexibility index (Phi) is 7.75. The zero-order valence-corrected chi connectivity index (χ0v) is 20.1. The summed E-state index contributed by atoms with van der Waals surface area (Å²) in [6.07, 6.45) is 2.13. The summed E-state index contributed by atoms with van der Waals surface area (Å²) in [6.45, 7) is 2.44. The lowest BCUT2D eigenvalue weighted by atomic mass is 10.1. The minimum atomic E-state index is -0.619. The number of amides is 2. The van der Waals surface area contributed by atoms with Gasteiger partial charge in [0.1, 0.15) is 6.54 Å². The number of aromatic nitrogens is 2. The second-order valence-corrected chi connectivity index (χ2v) is 8.49. The Hall–Kier alpha value is -4.46. The van der Waals surface area contributed by atoms with Gasteiger partial charge in [0, 0.05) is 12.2 Å². The van der Waals surface area contributed by atoms with Gasteiger partial charge in [-0.25, -0.2) is 9.36 Å². The third-order valence-electron chi connectivity index (χ3n) is 5.82. The molecule has 0 unspecified atom stereocenters. The first-order valence-electron chi connectivity index (χ1n) is 11.9. The zero-order chi connectivity index (χ0) is 25.5. The fraction of sp³-hybridized carbons (Fsp3) is 0.214. The summed E-state index contributed by atoms with van der Waals surface area (Å²) in [7, 11) is 0. The second-order valence-electron chi connectivity index (χ2n) is 8.49. The average Bonchev–Trinajstić information content (AvgIpc) is 2.88. The highest BCUT2D eigenvalue weighted by atomic mass is 16.2. The molecule has 1 heterocycles. The van der Waals surface area contributed by atoms with Crippen molar-refractivity contribution in [2.24, 2.45) is 0 Å². The van der Waals surface area contributed by atoms with Crippen molar-refractivity contribution in [3.8, 4) is 5.69 Å². The van der Waals surface area contributed by atoms with Gasteiger partial charge in [-0.1, -0.05) is 55.8 Å². The zero-order valence-electron chi connectivity index (χ0n) is 20.1. The van der Waals surface area contributed by atoms with Crippen molar-refractivity contribution in [1.29, 1.82) is 0 Å². The predicted molar refractivity (Wildman–Crippen MR) is 140 cm³/mol. The van der Waals surface area contributed by atoms with Crippen molar-refractivity contribution in [2.75, 3.05) is 11.9 Å². The number of nitrogens with zero attached hydrogens (tertiary/aromatic N) is 2. The van der Waals surface area contributed by atoms with E-state index in [0.717, 1.165) is 23.0 Å². The van der Waals surface area contributed by atoms with Crippen LogP contribution in [0, 0.1) is 0 Å². The van der Waals surface area contributed by atoms with Crippen LogP contribution in [-0.4, -0.2) is 27.5 Å². The second kappa shape index (κ2) is 11.3. The van der Waals surface area contributed by atoms with Gasteiger partial charge in [-0.3, -0.25) is 19.0 Å². The smallest absolute Gasteiger partial charge is 0.336 e. The number of unbranched alkanes of at least 4 members (excludes halogenated alkanes) is 1. The van der Waals surface area contributed by atoms with E-state index in [4.69, 9.17) is 0 Å². The Bertz CT molecular complexity index is 1490. The van der Waals surface area contributed by atoms with Gasteiger partial charge in [0.25, 0.3) is 5.56 Å². The maximum absolute atomic E-state index is 13.5. The fourth-order valence-electron chi connectivity index (χ4n) is 3.98. The van der Waals surface area contributed by atoms with E-state index in [-0.39, 0.29) is 24.8 Å². The molecule has 2 amide bonds. The normalized spacial score (nSPS) is 10.8. The van der Waals surface area contributed by atoms with E-state index in [9.17, 15) is 19.2 Å². The number of fused-ring (bicyclic) bond motifs is 1. The van der Waals surface area contributed by atoms with Crippen LogP contribution >= 0.6 is 0 Å². The van der Waals surface area contributed by atoms with Gasteiger partial charge in [0.2, 0.25) is 11.8 Å². The fourth-order valence-corrected chi connectivity index (χ4v) is 3.98. The van der Waals surface area contributed by atoms with Crippen LogP contribution in [0.15, 0.2) is 88.5 Å². The van der Waals surface area contributed by atoms with Crippen molar-refractivity contribution >= 4 is 28.4 Å². The van der Waals surface area contributed by atoms with E-state index in [1.54, 1.807) is 72.8 Å². The summed E-state index contributed by atoms with van der Waals surface area (Å²) in [5.41, 5.74) is 1.04. The maximum atomic E-state index is 13.5. The molecule has 8 heteroatoms. The largest absolute Gasteiger partial charge is 0.356 e. The van der Waals surface area contributed by atoms with E-state index >= 15 is 0 Å². The number of rotatable bonds is 9. The Morgan fingerprint density at radius 3 is 2.25 bits per heavy atom. The van der Waals surface area contributed by atoms with Crippen LogP contribution in [0.2, 0.25) is 0 Å². The average molecular weight is 485 g/mol. The lowest BCUT2D eigenvalue weighted by Crippen LogP contribution is -2.40. The van der Waals surface area contributed by atoms with E-state index < -0.39 is 11.2 Å². The standard InChI is InChI=1S/C28H28N4O4/c1-2-3-17-29-25(33)18-20-13-15-22(16-14-20)32-27(35)23-11-7-8-12-24(23)31(28(32)36)19-26(34)30-21-9-5-4-6-10-21/h4-16H,2-3,17-19H2,1H3,(H,29,33)(H,30,34). The van der Waals surface area contributed by atoms with Crippen molar-refractivity contribution < 1.29 is 9.59 Å². The summed E-state index contributed by atoms with van der Waals surface area (Å²) in [4.78, 5) is 51.6. The van der Waals surface area contributed by atoms with Gasteiger partial charge in [-0.05, 0) is 48.4 Å². The van der Waals surface area contributed by atoms with Gasteiger partial charge in [-0.15, -0.1) is 0 Å². The molecule has 0 atom stereocenters. The highest BCUT2D eigenvalue weighted by Gasteiger charge is 2.17. The molecule has 4 rings (SSSR count). The first kappa shape index (κ1) is 24.7. The van der Waals surface area contributed by atoms with Crippen LogP contribution in [0.1, 0.15) is 25.3 Å². The molecule has 2 N–H and O–H groups in total. The third-order valence-corrected chi connectivity index (χ3v) is 5.82. The number of hydrogen-bond donors (Lipinski definition) is 2. The molecule has 184 valence electrons. The quantitative estimate of drug-likeness (QED) is 0.356. The van der Waals surface area contributed by atoms with Crippen molar-refractivity contribution in [2.45, 2.75) is 32.7 Å². The van der Waals surface area contributed by atoms with E-state index in [1.807, 2.05) is 6.07 Å². The van der Waals surface area contributed by atoms with Crippen LogP contribution in [0.4, 0.5) is 5.69 Å².